The highest BCUT2D eigenvalue weighted by Crippen LogP contribution is 2.71. The Kier molecular flexibility index (Phi) is 6.16. The lowest BCUT2D eigenvalue weighted by Crippen LogP contribution is -2.70. The standard InChI is InChI=1S/C28H39FO7/c1-15-12-19-18-9-8-16-13-17(30)10-11-25(16,5)27(18,29)20(31)14-26(19,6)28(15,34)21(22(32)35-7)36-23(33)24(2,3)4/h10-11,13,15,18-21,31,34H,8-9,12,14H2,1-7H3/t15-,18+,19+,20+,21-,25+,26+,27+,28+/m1/s1. The molecular weight excluding hydrogens is 467 g/mol. The molecule has 0 heterocycles. The molecule has 0 aliphatic heterocycles. The Bertz CT molecular complexity index is 1040. The van der Waals surface area contributed by atoms with Gasteiger partial charge in [-0.15, -0.1) is 0 Å². The van der Waals surface area contributed by atoms with Crippen molar-refractivity contribution in [2.45, 2.75) is 90.7 Å². The van der Waals surface area contributed by atoms with Crippen LogP contribution in [0.25, 0.3) is 0 Å². The third-order valence-corrected chi connectivity index (χ3v) is 9.96. The summed E-state index contributed by atoms with van der Waals surface area (Å²) in [5.74, 6) is -3.34. The summed E-state index contributed by atoms with van der Waals surface area (Å²) in [6, 6.07) is 0. The van der Waals surface area contributed by atoms with Gasteiger partial charge in [-0.3, -0.25) is 9.59 Å². The fourth-order valence-corrected chi connectivity index (χ4v) is 7.84. The van der Waals surface area contributed by atoms with Crippen molar-refractivity contribution < 1.29 is 38.5 Å². The molecular formula is C28H39FO7. The molecule has 0 unspecified atom stereocenters. The molecule has 3 saturated carbocycles. The Labute approximate surface area is 212 Å². The Morgan fingerprint density at radius 2 is 1.86 bits per heavy atom. The highest BCUT2D eigenvalue weighted by atomic mass is 19.1. The van der Waals surface area contributed by atoms with Crippen LogP contribution in [0, 0.1) is 34.0 Å². The average Bonchev–Trinajstić information content (AvgIpc) is 2.98. The molecule has 0 aromatic heterocycles. The lowest BCUT2D eigenvalue weighted by Gasteiger charge is -2.63. The predicted octanol–water partition coefficient (Wildman–Crippen LogP) is 3.47. The quantitative estimate of drug-likeness (QED) is 0.564. The van der Waals surface area contributed by atoms with Crippen LogP contribution in [0.5, 0.6) is 0 Å². The SMILES string of the molecule is COC(=O)[C@@H](OC(=O)C(C)(C)C)[C@@]1(O)[C@H](C)C[C@H]2[C@@H]3CCC4=CC(=O)C=C[C@]4(C)[C@@]3(F)[C@@H](O)C[C@@]21C. The number of carbonyl (C=O) groups is 3. The first-order valence-electron chi connectivity index (χ1n) is 12.8. The zero-order valence-electron chi connectivity index (χ0n) is 22.3. The molecule has 0 saturated heterocycles. The molecule has 4 rings (SSSR count). The van der Waals surface area contributed by atoms with E-state index in [-0.39, 0.29) is 12.2 Å². The molecule has 4 aliphatic rings. The van der Waals surface area contributed by atoms with Crippen LogP contribution in [-0.4, -0.2) is 58.5 Å². The zero-order valence-corrected chi connectivity index (χ0v) is 22.3. The van der Waals surface area contributed by atoms with Gasteiger partial charge < -0.3 is 19.7 Å². The summed E-state index contributed by atoms with van der Waals surface area (Å²) in [6.45, 7) is 10.2. The van der Waals surface area contributed by atoms with Crippen molar-refractivity contribution in [3.05, 3.63) is 23.8 Å². The zero-order chi connectivity index (χ0) is 27.1. The van der Waals surface area contributed by atoms with Gasteiger partial charge >= 0.3 is 11.9 Å². The Balaban J connectivity index is 1.80. The monoisotopic (exact) mass is 506 g/mol. The van der Waals surface area contributed by atoms with Crippen molar-refractivity contribution in [2.24, 2.45) is 34.0 Å². The maximum atomic E-state index is 17.3. The number of aliphatic hydroxyl groups is 2. The van der Waals surface area contributed by atoms with Crippen molar-refractivity contribution >= 4 is 17.7 Å². The lowest BCUT2D eigenvalue weighted by molar-refractivity contribution is -0.247. The molecule has 36 heavy (non-hydrogen) atoms. The summed E-state index contributed by atoms with van der Waals surface area (Å²) < 4.78 is 27.9. The Morgan fingerprint density at radius 1 is 1.22 bits per heavy atom. The van der Waals surface area contributed by atoms with Gasteiger partial charge in [0.1, 0.15) is 5.60 Å². The molecule has 0 aromatic carbocycles. The van der Waals surface area contributed by atoms with Crippen LogP contribution in [-0.2, 0) is 23.9 Å². The number of ketones is 1. The molecule has 3 fully saturated rings. The topological polar surface area (TPSA) is 110 Å². The number of rotatable bonds is 3. The molecule has 0 aromatic rings. The number of allylic oxidation sites excluding steroid dienone is 4. The molecule has 2 N–H and O–H groups in total. The van der Waals surface area contributed by atoms with E-state index in [4.69, 9.17) is 9.47 Å². The second kappa shape index (κ2) is 8.22. The number of ether oxygens (including phenoxy) is 2. The lowest BCUT2D eigenvalue weighted by atomic mass is 9.44. The molecule has 8 heteroatoms. The van der Waals surface area contributed by atoms with Gasteiger partial charge in [-0.25, -0.2) is 9.18 Å². The van der Waals surface area contributed by atoms with Crippen LogP contribution in [0.2, 0.25) is 0 Å². The van der Waals surface area contributed by atoms with Crippen molar-refractivity contribution in [1.82, 2.24) is 0 Å². The molecule has 0 radical (unpaired) electrons. The van der Waals surface area contributed by atoms with Crippen LogP contribution in [0.1, 0.15) is 67.2 Å². The van der Waals surface area contributed by atoms with Crippen LogP contribution >= 0.6 is 0 Å². The van der Waals surface area contributed by atoms with Crippen LogP contribution in [0.4, 0.5) is 4.39 Å². The van der Waals surface area contributed by atoms with Crippen molar-refractivity contribution in [1.29, 1.82) is 0 Å². The van der Waals surface area contributed by atoms with E-state index in [1.165, 1.54) is 12.2 Å². The van der Waals surface area contributed by atoms with Gasteiger partial charge in [0.15, 0.2) is 11.5 Å². The van der Waals surface area contributed by atoms with Crippen LogP contribution in [0.3, 0.4) is 0 Å². The fourth-order valence-electron chi connectivity index (χ4n) is 7.84. The summed E-state index contributed by atoms with van der Waals surface area (Å²) in [5, 5.41) is 23.8. The average molecular weight is 507 g/mol. The fraction of sp³-hybridized carbons (Fsp3) is 0.750. The van der Waals surface area contributed by atoms with E-state index in [9.17, 15) is 24.6 Å². The first-order valence-corrected chi connectivity index (χ1v) is 12.8. The maximum absolute atomic E-state index is 17.3. The molecule has 7 nitrogen and oxygen atoms in total. The summed E-state index contributed by atoms with van der Waals surface area (Å²) >= 11 is 0. The van der Waals surface area contributed by atoms with Gasteiger partial charge in [0.25, 0.3) is 0 Å². The number of fused-ring (bicyclic) bond motifs is 5. The van der Waals surface area contributed by atoms with E-state index in [1.807, 2.05) is 0 Å². The predicted molar refractivity (Wildman–Crippen MR) is 129 cm³/mol. The van der Waals surface area contributed by atoms with Gasteiger partial charge in [-0.1, -0.05) is 25.5 Å². The van der Waals surface area contributed by atoms with Crippen molar-refractivity contribution in [3.8, 4) is 0 Å². The normalized spacial score (nSPS) is 44.6. The first-order chi connectivity index (χ1) is 16.5. The number of carbonyl (C=O) groups excluding carboxylic acids is 3. The van der Waals surface area contributed by atoms with Crippen LogP contribution < -0.4 is 0 Å². The van der Waals surface area contributed by atoms with Crippen molar-refractivity contribution in [2.75, 3.05) is 7.11 Å². The second-order valence-electron chi connectivity index (χ2n) is 12.8. The minimum absolute atomic E-state index is 0.142. The highest BCUT2D eigenvalue weighted by Gasteiger charge is 2.76. The Hall–Kier alpha value is -2.06. The van der Waals surface area contributed by atoms with Gasteiger partial charge in [-0.05, 0) is 77.4 Å². The summed E-state index contributed by atoms with van der Waals surface area (Å²) in [6.07, 6.45) is 2.44. The summed E-state index contributed by atoms with van der Waals surface area (Å²) in [7, 11) is 1.16. The van der Waals surface area contributed by atoms with Gasteiger partial charge in [0, 0.05) is 16.7 Å². The van der Waals surface area contributed by atoms with E-state index in [0.717, 1.165) is 7.11 Å². The third-order valence-electron chi connectivity index (χ3n) is 9.96. The molecule has 9 atom stereocenters. The van der Waals surface area contributed by atoms with E-state index in [0.29, 0.717) is 24.8 Å². The third kappa shape index (κ3) is 3.32. The van der Waals surface area contributed by atoms with E-state index in [1.54, 1.807) is 47.6 Å². The largest absolute Gasteiger partial charge is 0.466 e. The maximum Gasteiger partial charge on any atom is 0.350 e. The number of esters is 2. The highest BCUT2D eigenvalue weighted by molar-refractivity contribution is 6.01. The first kappa shape index (κ1) is 27.0. The molecule has 200 valence electrons. The van der Waals surface area contributed by atoms with Crippen LogP contribution in [0.15, 0.2) is 23.8 Å². The van der Waals surface area contributed by atoms with Crippen molar-refractivity contribution in [3.63, 3.8) is 0 Å². The van der Waals surface area contributed by atoms with Gasteiger partial charge in [0.05, 0.1) is 18.6 Å². The van der Waals surface area contributed by atoms with E-state index < -0.39 is 69.4 Å². The van der Waals surface area contributed by atoms with E-state index >= 15 is 4.39 Å². The number of methoxy groups -OCH3 is 1. The van der Waals surface area contributed by atoms with Gasteiger partial charge in [0.2, 0.25) is 6.10 Å². The molecule has 0 bridgehead atoms. The second-order valence-corrected chi connectivity index (χ2v) is 12.8. The Morgan fingerprint density at radius 3 is 2.44 bits per heavy atom. The molecule has 0 spiro atoms. The number of alkyl halides is 1. The summed E-state index contributed by atoms with van der Waals surface area (Å²) in [4.78, 5) is 37.9. The minimum Gasteiger partial charge on any atom is -0.466 e. The number of hydrogen-bond acceptors (Lipinski definition) is 7. The van der Waals surface area contributed by atoms with Gasteiger partial charge in [-0.2, -0.15) is 0 Å². The minimum atomic E-state index is -2.06. The molecule has 0 amide bonds. The number of hydrogen-bond donors (Lipinski definition) is 2. The molecule has 4 aliphatic carbocycles. The number of halogens is 1. The number of aliphatic hydroxyl groups excluding tert-OH is 1. The summed E-state index contributed by atoms with van der Waals surface area (Å²) in [5.41, 5.74) is -6.51. The van der Waals surface area contributed by atoms with E-state index in [2.05, 4.69) is 0 Å². The smallest absolute Gasteiger partial charge is 0.350 e.